The first-order valence-electron chi connectivity index (χ1n) is 13.2. The fraction of sp³-hybridized carbons (Fsp3) is 0.300. The molecule has 0 unspecified atom stereocenters. The van der Waals surface area contributed by atoms with Crippen molar-refractivity contribution in [2.75, 3.05) is 31.2 Å². The van der Waals surface area contributed by atoms with Gasteiger partial charge in [0.05, 0.1) is 12.2 Å². The Morgan fingerprint density at radius 3 is 2.29 bits per heavy atom. The standard InChI is InChI=1S/C30H28F4N4O3/c31-24-9-5-7-22(17-24)27(40)36-14-12-29(13-15-36)28(41)37(20-38(29)25-10-2-1-3-11-25)19-26(39)35-18-21-6-4-8-23(16-21)30(32,33)34/h1-11,16-17H,12-15,18-20H2,(H,35,39). The first-order valence-corrected chi connectivity index (χ1v) is 13.2. The zero-order chi connectivity index (χ0) is 29.2. The summed E-state index contributed by atoms with van der Waals surface area (Å²) in [4.78, 5) is 44.6. The molecule has 1 spiro atoms. The van der Waals surface area contributed by atoms with E-state index >= 15 is 0 Å². The normalized spacial score (nSPS) is 16.8. The lowest BCUT2D eigenvalue weighted by molar-refractivity contribution is -0.138. The van der Waals surface area contributed by atoms with E-state index in [1.807, 2.05) is 35.2 Å². The molecule has 3 amide bonds. The lowest BCUT2D eigenvalue weighted by Gasteiger charge is -2.43. The van der Waals surface area contributed by atoms with E-state index in [9.17, 15) is 31.9 Å². The SMILES string of the molecule is O=C(CN1CN(c2ccccc2)C2(CCN(C(=O)c3cccc(F)c3)CC2)C1=O)NCc1cccc(C(F)(F)F)c1. The minimum absolute atomic E-state index is 0.116. The Morgan fingerprint density at radius 2 is 1.61 bits per heavy atom. The number of benzene rings is 3. The number of carbonyl (C=O) groups is 3. The van der Waals surface area contributed by atoms with Gasteiger partial charge in [-0.05, 0) is 60.9 Å². The largest absolute Gasteiger partial charge is 0.416 e. The summed E-state index contributed by atoms with van der Waals surface area (Å²) in [6, 6.07) is 19.5. The fourth-order valence-corrected chi connectivity index (χ4v) is 5.49. The topological polar surface area (TPSA) is 73.0 Å². The highest BCUT2D eigenvalue weighted by molar-refractivity contribution is 5.97. The molecular formula is C30H28F4N4O3. The molecule has 7 nitrogen and oxygen atoms in total. The van der Waals surface area contributed by atoms with E-state index < -0.39 is 29.0 Å². The monoisotopic (exact) mass is 568 g/mol. The van der Waals surface area contributed by atoms with Gasteiger partial charge >= 0.3 is 6.18 Å². The third-order valence-corrected chi connectivity index (χ3v) is 7.61. The number of likely N-dealkylation sites (tertiary alicyclic amines) is 1. The summed E-state index contributed by atoms with van der Waals surface area (Å²) in [5.74, 6) is -1.58. The third kappa shape index (κ3) is 5.89. The Labute approximate surface area is 234 Å². The van der Waals surface area contributed by atoms with E-state index in [1.54, 1.807) is 11.0 Å². The molecule has 0 saturated carbocycles. The Kier molecular flexibility index (Phi) is 7.70. The van der Waals surface area contributed by atoms with Crippen LogP contribution in [0.2, 0.25) is 0 Å². The van der Waals surface area contributed by atoms with Gasteiger partial charge in [-0.2, -0.15) is 13.2 Å². The van der Waals surface area contributed by atoms with Crippen molar-refractivity contribution in [2.24, 2.45) is 0 Å². The van der Waals surface area contributed by atoms with E-state index in [-0.39, 0.29) is 50.2 Å². The van der Waals surface area contributed by atoms with E-state index in [1.165, 1.54) is 35.2 Å². The summed E-state index contributed by atoms with van der Waals surface area (Å²) in [7, 11) is 0. The van der Waals surface area contributed by atoms with E-state index in [4.69, 9.17) is 0 Å². The maximum Gasteiger partial charge on any atom is 0.416 e. The molecule has 2 aliphatic heterocycles. The molecule has 11 heteroatoms. The summed E-state index contributed by atoms with van der Waals surface area (Å²) >= 11 is 0. The number of hydrogen-bond donors (Lipinski definition) is 1. The highest BCUT2D eigenvalue weighted by atomic mass is 19.4. The number of hydrogen-bond acceptors (Lipinski definition) is 4. The Bertz CT molecular complexity index is 1440. The molecule has 5 rings (SSSR count). The van der Waals surface area contributed by atoms with Gasteiger partial charge in [-0.25, -0.2) is 4.39 Å². The van der Waals surface area contributed by atoms with Crippen LogP contribution in [-0.4, -0.2) is 59.4 Å². The van der Waals surface area contributed by atoms with Gasteiger partial charge in [0.25, 0.3) is 11.8 Å². The van der Waals surface area contributed by atoms with Crippen molar-refractivity contribution in [1.82, 2.24) is 15.1 Å². The van der Waals surface area contributed by atoms with Crippen LogP contribution in [0.5, 0.6) is 0 Å². The van der Waals surface area contributed by atoms with Crippen molar-refractivity contribution in [1.29, 1.82) is 0 Å². The first kappa shape index (κ1) is 28.1. The molecule has 0 atom stereocenters. The second-order valence-electron chi connectivity index (χ2n) is 10.2. The van der Waals surface area contributed by atoms with Crippen LogP contribution >= 0.6 is 0 Å². The van der Waals surface area contributed by atoms with Gasteiger partial charge in [-0.15, -0.1) is 0 Å². The zero-order valence-electron chi connectivity index (χ0n) is 22.0. The molecule has 1 N–H and O–H groups in total. The summed E-state index contributed by atoms with van der Waals surface area (Å²) in [5, 5.41) is 2.61. The average molecular weight is 569 g/mol. The van der Waals surface area contributed by atoms with Crippen LogP contribution in [0, 0.1) is 5.82 Å². The minimum atomic E-state index is -4.49. The number of carbonyl (C=O) groups excluding carboxylic acids is 3. The molecule has 2 fully saturated rings. The first-order chi connectivity index (χ1) is 19.6. The number of halogens is 4. The minimum Gasteiger partial charge on any atom is -0.350 e. The molecule has 2 saturated heterocycles. The van der Waals surface area contributed by atoms with Crippen molar-refractivity contribution in [2.45, 2.75) is 31.1 Å². The lowest BCUT2D eigenvalue weighted by atomic mass is 9.85. The van der Waals surface area contributed by atoms with E-state index in [0.29, 0.717) is 18.4 Å². The maximum absolute atomic E-state index is 13.8. The van der Waals surface area contributed by atoms with Gasteiger partial charge in [0.15, 0.2) is 0 Å². The van der Waals surface area contributed by atoms with Gasteiger partial charge in [-0.1, -0.05) is 36.4 Å². The van der Waals surface area contributed by atoms with E-state index in [2.05, 4.69) is 5.32 Å². The molecule has 0 aromatic heterocycles. The number of rotatable bonds is 6. The second kappa shape index (κ2) is 11.2. The van der Waals surface area contributed by atoms with Crippen LogP contribution in [-0.2, 0) is 22.3 Å². The molecule has 2 aliphatic rings. The van der Waals surface area contributed by atoms with Gasteiger partial charge in [-0.3, -0.25) is 14.4 Å². The molecule has 3 aromatic rings. The molecule has 0 bridgehead atoms. The van der Waals surface area contributed by atoms with Crippen molar-refractivity contribution in [3.63, 3.8) is 0 Å². The quantitative estimate of drug-likeness (QED) is 0.447. The highest BCUT2D eigenvalue weighted by Gasteiger charge is 2.54. The Balaban J connectivity index is 1.28. The zero-order valence-corrected chi connectivity index (χ0v) is 22.0. The molecule has 0 radical (unpaired) electrons. The van der Waals surface area contributed by atoms with Crippen LogP contribution in [0.1, 0.15) is 34.3 Å². The molecular weight excluding hydrogens is 540 g/mol. The summed E-state index contributed by atoms with van der Waals surface area (Å²) in [6.45, 7) is 0.280. The van der Waals surface area contributed by atoms with E-state index in [0.717, 1.165) is 17.8 Å². The average Bonchev–Trinajstić information content (AvgIpc) is 3.22. The van der Waals surface area contributed by atoms with Gasteiger partial charge < -0.3 is 20.0 Å². The van der Waals surface area contributed by atoms with Crippen LogP contribution in [0.4, 0.5) is 23.2 Å². The van der Waals surface area contributed by atoms with Crippen LogP contribution in [0.25, 0.3) is 0 Å². The summed E-state index contributed by atoms with van der Waals surface area (Å²) in [5.41, 5.74) is -0.475. The maximum atomic E-state index is 13.8. The predicted molar refractivity (Wildman–Crippen MR) is 143 cm³/mol. The molecule has 41 heavy (non-hydrogen) atoms. The van der Waals surface area contributed by atoms with Crippen LogP contribution < -0.4 is 10.2 Å². The number of alkyl halides is 3. The number of nitrogens with zero attached hydrogens (tertiary/aromatic N) is 3. The smallest absolute Gasteiger partial charge is 0.350 e. The summed E-state index contributed by atoms with van der Waals surface area (Å²) < 4.78 is 52.8. The van der Waals surface area contributed by atoms with Crippen molar-refractivity contribution >= 4 is 23.4 Å². The molecule has 0 aliphatic carbocycles. The van der Waals surface area contributed by atoms with Gasteiger partial charge in [0, 0.05) is 30.9 Å². The lowest BCUT2D eigenvalue weighted by Crippen LogP contribution is -2.57. The van der Waals surface area contributed by atoms with Crippen LogP contribution in [0.15, 0.2) is 78.9 Å². The fourth-order valence-electron chi connectivity index (χ4n) is 5.49. The Morgan fingerprint density at radius 1 is 0.902 bits per heavy atom. The van der Waals surface area contributed by atoms with Crippen molar-refractivity contribution in [3.8, 4) is 0 Å². The van der Waals surface area contributed by atoms with Crippen LogP contribution in [0.3, 0.4) is 0 Å². The molecule has 3 aromatic carbocycles. The Hall–Kier alpha value is -4.41. The molecule has 214 valence electrons. The predicted octanol–water partition coefficient (Wildman–Crippen LogP) is 4.44. The number of piperidine rings is 1. The van der Waals surface area contributed by atoms with Gasteiger partial charge in [0.1, 0.15) is 17.9 Å². The number of nitrogens with one attached hydrogen (secondary N) is 1. The number of anilines is 1. The molecule has 2 heterocycles. The highest BCUT2D eigenvalue weighted by Crippen LogP contribution is 2.39. The van der Waals surface area contributed by atoms with Crippen molar-refractivity contribution < 1.29 is 31.9 Å². The third-order valence-electron chi connectivity index (χ3n) is 7.61. The second-order valence-corrected chi connectivity index (χ2v) is 10.2. The summed E-state index contributed by atoms with van der Waals surface area (Å²) in [6.07, 6.45) is -3.87. The number of para-hydroxylation sites is 1. The number of amides is 3. The van der Waals surface area contributed by atoms with Crippen molar-refractivity contribution in [3.05, 3.63) is 101 Å². The van der Waals surface area contributed by atoms with Gasteiger partial charge in [0.2, 0.25) is 5.91 Å².